The van der Waals surface area contributed by atoms with E-state index in [-0.39, 0.29) is 6.23 Å². The lowest BCUT2D eigenvalue weighted by atomic mass is 9.92. The normalized spacial score (nSPS) is 25.7. The van der Waals surface area contributed by atoms with Crippen molar-refractivity contribution < 1.29 is 9.57 Å². The second-order valence-electron chi connectivity index (χ2n) is 5.92. The van der Waals surface area contributed by atoms with Crippen LogP contribution in [-0.2, 0) is 15.4 Å². The molecule has 3 aromatic rings. The summed E-state index contributed by atoms with van der Waals surface area (Å²) in [4.78, 5) is 6.24. The molecule has 0 amide bonds. The fraction of sp³-hybridized carbons (Fsp3) is 0.158. The van der Waals surface area contributed by atoms with E-state index in [9.17, 15) is 0 Å². The van der Waals surface area contributed by atoms with Gasteiger partial charge in [-0.05, 0) is 29.8 Å². The van der Waals surface area contributed by atoms with E-state index in [1.165, 1.54) is 10.8 Å². The topological polar surface area (TPSA) is 21.7 Å². The third-order valence-electron chi connectivity index (χ3n) is 4.52. The van der Waals surface area contributed by atoms with Gasteiger partial charge in [-0.1, -0.05) is 54.6 Å². The SMILES string of the molecule is CC12OC(c3cccc4cccc1c34)N(c1ccccc1)O2. The highest BCUT2D eigenvalue weighted by Gasteiger charge is 2.50. The molecule has 2 atom stereocenters. The van der Waals surface area contributed by atoms with E-state index in [1.807, 2.05) is 42.3 Å². The number of ether oxygens (including phenoxy) is 1. The summed E-state index contributed by atoms with van der Waals surface area (Å²) >= 11 is 0. The maximum absolute atomic E-state index is 6.27. The van der Waals surface area contributed by atoms with Crippen molar-refractivity contribution in [2.75, 3.05) is 5.06 Å². The molecule has 2 unspecified atom stereocenters. The Balaban J connectivity index is 1.78. The van der Waals surface area contributed by atoms with Crippen molar-refractivity contribution in [2.45, 2.75) is 18.9 Å². The van der Waals surface area contributed by atoms with Gasteiger partial charge < -0.3 is 4.74 Å². The number of hydrogen-bond donors (Lipinski definition) is 0. The molecule has 2 aliphatic rings. The van der Waals surface area contributed by atoms with Crippen molar-refractivity contribution in [1.82, 2.24) is 0 Å². The van der Waals surface area contributed by atoms with Gasteiger partial charge in [-0.15, -0.1) is 0 Å². The zero-order valence-electron chi connectivity index (χ0n) is 12.2. The molecule has 0 aliphatic carbocycles. The molecule has 3 aromatic carbocycles. The lowest BCUT2D eigenvalue weighted by molar-refractivity contribution is -0.166. The molecule has 0 saturated carbocycles. The minimum absolute atomic E-state index is 0.217. The summed E-state index contributed by atoms with van der Waals surface area (Å²) < 4.78 is 6.27. The summed E-state index contributed by atoms with van der Waals surface area (Å²) in [6, 6.07) is 22.7. The number of para-hydroxylation sites is 1. The first-order valence-corrected chi connectivity index (χ1v) is 7.50. The molecule has 2 aliphatic heterocycles. The van der Waals surface area contributed by atoms with E-state index in [0.29, 0.717) is 0 Å². The molecule has 22 heavy (non-hydrogen) atoms. The molecule has 0 aromatic heterocycles. The predicted octanol–water partition coefficient (Wildman–Crippen LogP) is 4.49. The van der Waals surface area contributed by atoms with E-state index in [0.717, 1.165) is 16.8 Å². The van der Waals surface area contributed by atoms with Crippen LogP contribution in [0.2, 0.25) is 0 Å². The lowest BCUT2D eigenvalue weighted by Crippen LogP contribution is -2.26. The number of nitrogens with zero attached hydrogens (tertiary/aromatic N) is 1. The number of hydroxylamine groups is 1. The second-order valence-corrected chi connectivity index (χ2v) is 5.92. The highest BCUT2D eigenvalue weighted by atomic mass is 16.9. The average Bonchev–Trinajstić information content (AvgIpc) is 2.89. The largest absolute Gasteiger partial charge is 0.314 e. The molecule has 0 spiro atoms. The minimum Gasteiger partial charge on any atom is -0.314 e. The van der Waals surface area contributed by atoms with E-state index in [1.54, 1.807) is 0 Å². The molecule has 2 bridgehead atoms. The summed E-state index contributed by atoms with van der Waals surface area (Å²) in [6.45, 7) is 1.99. The van der Waals surface area contributed by atoms with Crippen molar-refractivity contribution in [2.24, 2.45) is 0 Å². The van der Waals surface area contributed by atoms with Gasteiger partial charge in [0.1, 0.15) is 0 Å². The summed E-state index contributed by atoms with van der Waals surface area (Å²) in [5.41, 5.74) is 3.25. The van der Waals surface area contributed by atoms with Crippen molar-refractivity contribution >= 4 is 16.5 Å². The zero-order chi connectivity index (χ0) is 14.7. The van der Waals surface area contributed by atoms with Gasteiger partial charge in [-0.2, -0.15) is 0 Å². The Kier molecular flexibility index (Phi) is 2.27. The highest BCUT2D eigenvalue weighted by molar-refractivity contribution is 5.91. The third kappa shape index (κ3) is 1.47. The Hall–Kier alpha value is -2.36. The van der Waals surface area contributed by atoms with Gasteiger partial charge in [-0.3, -0.25) is 0 Å². The maximum atomic E-state index is 6.27. The summed E-state index contributed by atoms with van der Waals surface area (Å²) in [6.07, 6.45) is -0.217. The van der Waals surface area contributed by atoms with Crippen LogP contribution < -0.4 is 5.06 Å². The molecule has 0 N–H and O–H groups in total. The Morgan fingerprint density at radius 2 is 1.68 bits per heavy atom. The predicted molar refractivity (Wildman–Crippen MR) is 85.1 cm³/mol. The van der Waals surface area contributed by atoms with Gasteiger partial charge in [0.05, 0.1) is 5.69 Å². The highest BCUT2D eigenvalue weighted by Crippen LogP contribution is 2.52. The standard InChI is InChI=1S/C19H15NO2/c1-19-16-12-6-8-13-7-5-11-15(17(13)16)18(21-19)20(22-19)14-9-3-2-4-10-14/h2-12,18H,1H3. The van der Waals surface area contributed by atoms with Crippen molar-refractivity contribution in [1.29, 1.82) is 0 Å². The second kappa shape index (κ2) is 4.09. The number of benzene rings is 3. The first kappa shape index (κ1) is 12.2. The van der Waals surface area contributed by atoms with E-state index >= 15 is 0 Å². The molecule has 3 heteroatoms. The van der Waals surface area contributed by atoms with Crippen LogP contribution in [0.3, 0.4) is 0 Å². The minimum atomic E-state index is -0.742. The fourth-order valence-electron chi connectivity index (χ4n) is 3.54. The first-order valence-electron chi connectivity index (χ1n) is 7.50. The van der Waals surface area contributed by atoms with Crippen LogP contribution in [0.1, 0.15) is 24.3 Å². The maximum Gasteiger partial charge on any atom is 0.220 e. The Morgan fingerprint density at radius 3 is 2.50 bits per heavy atom. The van der Waals surface area contributed by atoms with Crippen molar-refractivity contribution in [3.63, 3.8) is 0 Å². The van der Waals surface area contributed by atoms with Crippen LogP contribution in [0, 0.1) is 0 Å². The van der Waals surface area contributed by atoms with Crippen molar-refractivity contribution in [3.05, 3.63) is 77.9 Å². The van der Waals surface area contributed by atoms with Crippen molar-refractivity contribution in [3.8, 4) is 0 Å². The van der Waals surface area contributed by atoms with Crippen LogP contribution in [0.5, 0.6) is 0 Å². The van der Waals surface area contributed by atoms with Gasteiger partial charge in [-0.25, -0.2) is 9.90 Å². The molecular formula is C19H15NO2. The zero-order valence-corrected chi connectivity index (χ0v) is 12.2. The Morgan fingerprint density at radius 1 is 0.909 bits per heavy atom. The Bertz CT molecular complexity index is 872. The van der Waals surface area contributed by atoms with Crippen LogP contribution in [0.15, 0.2) is 66.7 Å². The van der Waals surface area contributed by atoms with Gasteiger partial charge >= 0.3 is 0 Å². The number of fused-ring (bicyclic) bond motifs is 4. The quantitative estimate of drug-likeness (QED) is 0.658. The number of rotatable bonds is 1. The van der Waals surface area contributed by atoms with Gasteiger partial charge in [0, 0.05) is 11.1 Å². The van der Waals surface area contributed by atoms with Gasteiger partial charge in [0.25, 0.3) is 0 Å². The van der Waals surface area contributed by atoms with Crippen LogP contribution in [0.4, 0.5) is 5.69 Å². The molecule has 1 saturated heterocycles. The summed E-state index contributed by atoms with van der Waals surface area (Å²) in [7, 11) is 0. The van der Waals surface area contributed by atoms with Crippen LogP contribution >= 0.6 is 0 Å². The van der Waals surface area contributed by atoms with Crippen LogP contribution in [0.25, 0.3) is 10.8 Å². The van der Waals surface area contributed by atoms with Crippen LogP contribution in [-0.4, -0.2) is 0 Å². The summed E-state index contributed by atoms with van der Waals surface area (Å²) in [5, 5.41) is 4.37. The average molecular weight is 289 g/mol. The smallest absolute Gasteiger partial charge is 0.220 e. The van der Waals surface area contributed by atoms with Gasteiger partial charge in [0.15, 0.2) is 6.23 Å². The Labute approximate surface area is 128 Å². The lowest BCUT2D eigenvalue weighted by Gasteiger charge is -2.28. The van der Waals surface area contributed by atoms with E-state index in [2.05, 4.69) is 36.4 Å². The van der Waals surface area contributed by atoms with Gasteiger partial charge in [0.2, 0.25) is 5.79 Å². The molecule has 1 fully saturated rings. The molecular weight excluding hydrogens is 274 g/mol. The fourth-order valence-corrected chi connectivity index (χ4v) is 3.54. The number of anilines is 1. The number of hydrogen-bond acceptors (Lipinski definition) is 3. The third-order valence-corrected chi connectivity index (χ3v) is 4.52. The monoisotopic (exact) mass is 289 g/mol. The summed E-state index contributed by atoms with van der Waals surface area (Å²) in [5.74, 6) is -0.742. The molecule has 3 nitrogen and oxygen atoms in total. The molecule has 2 heterocycles. The molecule has 5 rings (SSSR count). The van der Waals surface area contributed by atoms with E-state index < -0.39 is 5.79 Å². The molecule has 108 valence electrons. The molecule has 0 radical (unpaired) electrons. The first-order chi connectivity index (χ1) is 10.8. The van der Waals surface area contributed by atoms with E-state index in [4.69, 9.17) is 9.57 Å².